The normalized spacial score (nSPS) is 19.3. The smallest absolute Gasteiger partial charge is 0.248 e. The molecule has 0 spiro atoms. The number of hydrogen-bond acceptors (Lipinski definition) is 5. The monoisotopic (exact) mass is 264 g/mol. The van der Waals surface area contributed by atoms with Crippen LogP contribution in [0, 0.1) is 0 Å². The van der Waals surface area contributed by atoms with E-state index in [4.69, 9.17) is 5.11 Å². The van der Waals surface area contributed by atoms with Crippen LogP contribution in [0.1, 0.15) is 24.5 Å². The summed E-state index contributed by atoms with van der Waals surface area (Å²) in [5.74, 6) is 0.709. The van der Waals surface area contributed by atoms with Crippen LogP contribution >= 0.6 is 0 Å². The maximum Gasteiger partial charge on any atom is 0.248 e. The van der Waals surface area contributed by atoms with Crippen molar-refractivity contribution in [3.05, 3.63) is 18.0 Å². The quantitative estimate of drug-likeness (QED) is 0.847. The van der Waals surface area contributed by atoms with E-state index in [2.05, 4.69) is 9.97 Å². The minimum Gasteiger partial charge on any atom is -0.387 e. The zero-order chi connectivity index (χ0) is 13.8. The highest BCUT2D eigenvalue weighted by Gasteiger charge is 2.25. The third-order valence-corrected chi connectivity index (χ3v) is 3.39. The Kier molecular flexibility index (Phi) is 4.31. The largest absolute Gasteiger partial charge is 0.387 e. The standard InChI is InChI=1S/C13H20N4O2/c1-16(2)13-14-6-5-11(15-13)10-4-3-7-17(8-10)12(19)9-18/h5-6,10,18H,3-4,7-9H2,1-2H3. The highest BCUT2D eigenvalue weighted by Crippen LogP contribution is 2.26. The Morgan fingerprint density at radius 1 is 1.58 bits per heavy atom. The first-order valence-corrected chi connectivity index (χ1v) is 6.50. The average Bonchev–Trinajstić information content (AvgIpc) is 2.46. The minimum absolute atomic E-state index is 0.202. The van der Waals surface area contributed by atoms with Gasteiger partial charge in [-0.3, -0.25) is 4.79 Å². The summed E-state index contributed by atoms with van der Waals surface area (Å²) in [5, 5.41) is 8.94. The molecule has 1 aliphatic heterocycles. The van der Waals surface area contributed by atoms with E-state index in [0.29, 0.717) is 12.5 Å². The van der Waals surface area contributed by atoms with Crippen molar-refractivity contribution in [2.75, 3.05) is 38.7 Å². The van der Waals surface area contributed by atoms with Crippen molar-refractivity contribution < 1.29 is 9.90 Å². The van der Waals surface area contributed by atoms with E-state index in [1.807, 2.05) is 25.1 Å². The molecule has 19 heavy (non-hydrogen) atoms. The number of carbonyl (C=O) groups is 1. The molecule has 6 heteroatoms. The van der Waals surface area contributed by atoms with Crippen LogP contribution in [0.4, 0.5) is 5.95 Å². The molecule has 6 nitrogen and oxygen atoms in total. The highest BCUT2D eigenvalue weighted by atomic mass is 16.3. The Labute approximate surface area is 113 Å². The first-order valence-electron chi connectivity index (χ1n) is 6.50. The van der Waals surface area contributed by atoms with Crippen molar-refractivity contribution in [2.24, 2.45) is 0 Å². The fourth-order valence-corrected chi connectivity index (χ4v) is 2.35. The van der Waals surface area contributed by atoms with Crippen LogP contribution in [0.25, 0.3) is 0 Å². The number of piperidine rings is 1. The number of nitrogens with zero attached hydrogens (tertiary/aromatic N) is 4. The van der Waals surface area contributed by atoms with Gasteiger partial charge in [-0.1, -0.05) is 0 Å². The summed E-state index contributed by atoms with van der Waals surface area (Å²) in [4.78, 5) is 23.9. The van der Waals surface area contributed by atoms with Crippen molar-refractivity contribution in [1.82, 2.24) is 14.9 Å². The second-order valence-corrected chi connectivity index (χ2v) is 5.01. The van der Waals surface area contributed by atoms with Gasteiger partial charge in [0, 0.05) is 39.3 Å². The summed E-state index contributed by atoms with van der Waals surface area (Å²) in [6.07, 6.45) is 3.71. The lowest BCUT2D eigenvalue weighted by Gasteiger charge is -2.32. The molecule has 0 aromatic carbocycles. The SMILES string of the molecule is CN(C)c1nccc(C2CCCN(C(=O)CO)C2)n1. The summed E-state index contributed by atoms with van der Waals surface area (Å²) >= 11 is 0. The molecule has 1 saturated heterocycles. The zero-order valence-electron chi connectivity index (χ0n) is 11.4. The summed E-state index contributed by atoms with van der Waals surface area (Å²) < 4.78 is 0. The van der Waals surface area contributed by atoms with Crippen molar-refractivity contribution in [3.8, 4) is 0 Å². The molecule has 0 radical (unpaired) electrons. The third-order valence-electron chi connectivity index (χ3n) is 3.39. The second-order valence-electron chi connectivity index (χ2n) is 5.01. The molecule has 1 aliphatic rings. The molecule has 1 atom stereocenters. The van der Waals surface area contributed by atoms with Crippen molar-refractivity contribution >= 4 is 11.9 Å². The molecule has 1 N–H and O–H groups in total. The van der Waals surface area contributed by atoms with Gasteiger partial charge in [-0.25, -0.2) is 9.97 Å². The van der Waals surface area contributed by atoms with E-state index in [-0.39, 0.29) is 11.8 Å². The number of carbonyl (C=O) groups excluding carboxylic acids is 1. The van der Waals surface area contributed by atoms with Gasteiger partial charge in [-0.15, -0.1) is 0 Å². The summed E-state index contributed by atoms with van der Waals surface area (Å²) in [6, 6.07) is 1.91. The molecular weight excluding hydrogens is 244 g/mol. The summed E-state index contributed by atoms with van der Waals surface area (Å²) in [7, 11) is 3.81. The number of hydrogen-bond donors (Lipinski definition) is 1. The number of anilines is 1. The zero-order valence-corrected chi connectivity index (χ0v) is 11.4. The van der Waals surface area contributed by atoms with E-state index in [1.165, 1.54) is 0 Å². The average molecular weight is 264 g/mol. The Hall–Kier alpha value is -1.69. The van der Waals surface area contributed by atoms with E-state index in [1.54, 1.807) is 11.1 Å². The first kappa shape index (κ1) is 13.7. The Morgan fingerprint density at radius 3 is 3.05 bits per heavy atom. The molecule has 2 heterocycles. The molecular formula is C13H20N4O2. The minimum atomic E-state index is -0.417. The van der Waals surface area contributed by atoms with E-state index in [0.717, 1.165) is 25.1 Å². The molecule has 1 unspecified atom stereocenters. The van der Waals surface area contributed by atoms with Gasteiger partial charge in [-0.2, -0.15) is 0 Å². The molecule has 1 aromatic rings. The Bertz CT molecular complexity index is 450. The topological polar surface area (TPSA) is 69.6 Å². The molecule has 1 amide bonds. The van der Waals surface area contributed by atoms with Crippen LogP contribution in [0.15, 0.2) is 12.3 Å². The molecule has 0 saturated carbocycles. The fraction of sp³-hybridized carbons (Fsp3) is 0.615. The molecule has 104 valence electrons. The van der Waals surface area contributed by atoms with Gasteiger partial charge in [0.2, 0.25) is 11.9 Å². The van der Waals surface area contributed by atoms with Gasteiger partial charge in [0.05, 0.1) is 5.69 Å². The van der Waals surface area contributed by atoms with E-state index < -0.39 is 6.61 Å². The van der Waals surface area contributed by atoms with Crippen molar-refractivity contribution in [3.63, 3.8) is 0 Å². The molecule has 0 aliphatic carbocycles. The van der Waals surface area contributed by atoms with Crippen LogP contribution < -0.4 is 4.90 Å². The van der Waals surface area contributed by atoms with Gasteiger partial charge in [0.1, 0.15) is 6.61 Å². The first-order chi connectivity index (χ1) is 9.11. The predicted molar refractivity (Wildman–Crippen MR) is 72.0 cm³/mol. The maximum atomic E-state index is 11.6. The Morgan fingerprint density at radius 2 is 2.37 bits per heavy atom. The van der Waals surface area contributed by atoms with E-state index in [9.17, 15) is 4.79 Å². The molecule has 1 aromatic heterocycles. The van der Waals surface area contributed by atoms with Crippen LogP contribution in [0.2, 0.25) is 0 Å². The lowest BCUT2D eigenvalue weighted by Crippen LogP contribution is -2.40. The van der Waals surface area contributed by atoms with E-state index >= 15 is 0 Å². The van der Waals surface area contributed by atoms with Gasteiger partial charge in [-0.05, 0) is 18.9 Å². The van der Waals surface area contributed by atoms with Gasteiger partial charge >= 0.3 is 0 Å². The van der Waals surface area contributed by atoms with Gasteiger partial charge < -0.3 is 14.9 Å². The third kappa shape index (κ3) is 3.20. The second kappa shape index (κ2) is 5.97. The number of aromatic nitrogens is 2. The molecule has 0 bridgehead atoms. The molecule has 2 rings (SSSR count). The fourth-order valence-electron chi connectivity index (χ4n) is 2.35. The Balaban J connectivity index is 2.13. The van der Waals surface area contributed by atoms with Gasteiger partial charge in [0.25, 0.3) is 0 Å². The number of rotatable bonds is 3. The van der Waals surface area contributed by atoms with Gasteiger partial charge in [0.15, 0.2) is 0 Å². The number of aliphatic hydroxyl groups excluding tert-OH is 1. The highest BCUT2D eigenvalue weighted by molar-refractivity contribution is 5.77. The van der Waals surface area contributed by atoms with Crippen molar-refractivity contribution in [2.45, 2.75) is 18.8 Å². The lowest BCUT2D eigenvalue weighted by atomic mass is 9.94. The van der Waals surface area contributed by atoms with Crippen LogP contribution in [-0.4, -0.2) is 59.7 Å². The summed E-state index contributed by atoms with van der Waals surface area (Å²) in [5.41, 5.74) is 0.967. The van der Waals surface area contributed by atoms with Crippen LogP contribution in [-0.2, 0) is 4.79 Å². The maximum absolute atomic E-state index is 11.6. The van der Waals surface area contributed by atoms with Crippen LogP contribution in [0.3, 0.4) is 0 Å². The van der Waals surface area contributed by atoms with Crippen molar-refractivity contribution in [1.29, 1.82) is 0 Å². The summed E-state index contributed by atoms with van der Waals surface area (Å²) in [6.45, 7) is 0.935. The number of aliphatic hydroxyl groups is 1. The van der Waals surface area contributed by atoms with Crippen LogP contribution in [0.5, 0.6) is 0 Å². The molecule has 1 fully saturated rings. The number of amides is 1. The predicted octanol–water partition coefficient (Wildman–Crippen LogP) is 0.241. The number of likely N-dealkylation sites (tertiary alicyclic amines) is 1. The lowest BCUT2D eigenvalue weighted by molar-refractivity contribution is -0.135.